The van der Waals surface area contributed by atoms with E-state index in [-0.39, 0.29) is 19.5 Å². The number of aromatic hydroxyl groups is 1. The number of hydrogen-bond donors (Lipinski definition) is 1. The topological polar surface area (TPSA) is 20.2 Å². The van der Waals surface area contributed by atoms with Crippen LogP contribution < -0.4 is 0 Å². The molecule has 0 aliphatic rings. The predicted octanol–water partition coefficient (Wildman–Crippen LogP) is 5.56. The molecule has 0 spiro atoms. The minimum Gasteiger partial charge on any atom is -0.507 e. The standard InChI is InChI=1S/C18H14O.C2H5.Zn/c19-18-16(14-8-3-1-4-9-14)12-7-13-17(18)15-10-5-2-6-11-15;1-2;/h1-13,19H;1H2,2H3;/q;-1;. The Kier molecular flexibility index (Phi) is 7.56. The van der Waals surface area contributed by atoms with Crippen molar-refractivity contribution in [2.24, 2.45) is 0 Å². The van der Waals surface area contributed by atoms with Gasteiger partial charge in [0, 0.05) is 30.6 Å². The van der Waals surface area contributed by atoms with Gasteiger partial charge in [0.15, 0.2) is 0 Å². The van der Waals surface area contributed by atoms with Crippen LogP contribution in [0.2, 0.25) is 0 Å². The summed E-state index contributed by atoms with van der Waals surface area (Å²) in [5, 5.41) is 10.5. The van der Waals surface area contributed by atoms with Crippen LogP contribution in [0.1, 0.15) is 6.92 Å². The quantitative estimate of drug-likeness (QED) is 0.478. The van der Waals surface area contributed by atoms with Crippen molar-refractivity contribution < 1.29 is 24.6 Å². The maximum atomic E-state index is 10.5. The van der Waals surface area contributed by atoms with Crippen LogP contribution >= 0.6 is 0 Å². The SMILES string of the molecule is Oc1c(-c2ccccc2)cccc1-c1ccccc1.[CH2-]C.[Zn]. The fraction of sp³-hybridized carbons (Fsp3) is 0.0500. The molecule has 0 aliphatic carbocycles. The maximum Gasteiger partial charge on any atom is 0.131 e. The Hall–Kier alpha value is -1.92. The molecule has 108 valence electrons. The number of hydrogen-bond acceptors (Lipinski definition) is 1. The van der Waals surface area contributed by atoms with Crippen LogP contribution in [0.3, 0.4) is 0 Å². The van der Waals surface area contributed by atoms with Crippen molar-refractivity contribution in [3.8, 4) is 28.0 Å². The van der Waals surface area contributed by atoms with E-state index in [1.807, 2.05) is 78.9 Å². The molecule has 22 heavy (non-hydrogen) atoms. The summed E-state index contributed by atoms with van der Waals surface area (Å²) < 4.78 is 0. The van der Waals surface area contributed by atoms with Crippen LogP contribution in [-0.2, 0) is 19.5 Å². The van der Waals surface area contributed by atoms with Crippen molar-refractivity contribution in [2.75, 3.05) is 0 Å². The normalized spacial score (nSPS) is 9.18. The monoisotopic (exact) mass is 339 g/mol. The van der Waals surface area contributed by atoms with Gasteiger partial charge in [0.2, 0.25) is 0 Å². The number of rotatable bonds is 2. The molecule has 3 rings (SSSR count). The summed E-state index contributed by atoms with van der Waals surface area (Å²) in [4.78, 5) is 0. The van der Waals surface area contributed by atoms with E-state index in [9.17, 15) is 5.11 Å². The molecule has 0 saturated carbocycles. The van der Waals surface area contributed by atoms with E-state index < -0.39 is 0 Å². The molecule has 0 heterocycles. The third-order valence-corrected chi connectivity index (χ3v) is 3.21. The summed E-state index contributed by atoms with van der Waals surface area (Å²) >= 11 is 0. The zero-order valence-corrected chi connectivity index (χ0v) is 15.8. The van der Waals surface area contributed by atoms with E-state index in [1.165, 1.54) is 0 Å². The Labute approximate surface area is 145 Å². The number of phenols is 1. The molecule has 0 aromatic heterocycles. The summed E-state index contributed by atoms with van der Waals surface area (Å²) in [6.45, 7) is 5.00. The van der Waals surface area contributed by atoms with Crippen LogP contribution in [0.25, 0.3) is 22.3 Å². The van der Waals surface area contributed by atoms with Crippen molar-refractivity contribution in [3.05, 3.63) is 85.8 Å². The van der Waals surface area contributed by atoms with E-state index in [2.05, 4.69) is 6.92 Å². The maximum absolute atomic E-state index is 10.5. The molecule has 3 aromatic rings. The van der Waals surface area contributed by atoms with Gasteiger partial charge in [0.05, 0.1) is 0 Å². The fourth-order valence-electron chi connectivity index (χ4n) is 2.24. The van der Waals surface area contributed by atoms with Gasteiger partial charge >= 0.3 is 0 Å². The molecule has 0 radical (unpaired) electrons. The van der Waals surface area contributed by atoms with E-state index in [0.717, 1.165) is 22.3 Å². The Morgan fingerprint density at radius 3 is 1.32 bits per heavy atom. The molecule has 0 aliphatic heterocycles. The molecule has 1 N–H and O–H groups in total. The van der Waals surface area contributed by atoms with Gasteiger partial charge in [-0.25, -0.2) is 0 Å². The molecule has 2 heteroatoms. The summed E-state index contributed by atoms with van der Waals surface area (Å²) in [5.74, 6) is 0.333. The van der Waals surface area contributed by atoms with E-state index in [4.69, 9.17) is 0 Å². The number of benzene rings is 3. The van der Waals surface area contributed by atoms with Gasteiger partial charge in [-0.3, -0.25) is 0 Å². The van der Waals surface area contributed by atoms with Crippen LogP contribution in [0.15, 0.2) is 78.9 Å². The van der Waals surface area contributed by atoms with Gasteiger partial charge in [-0.05, 0) is 11.1 Å². The minimum absolute atomic E-state index is 0. The molecule has 0 unspecified atom stereocenters. The summed E-state index contributed by atoms with van der Waals surface area (Å²) in [7, 11) is 0. The smallest absolute Gasteiger partial charge is 0.131 e. The molecule has 0 fully saturated rings. The van der Waals surface area contributed by atoms with Crippen molar-refractivity contribution in [1.29, 1.82) is 0 Å². The largest absolute Gasteiger partial charge is 0.507 e. The van der Waals surface area contributed by atoms with Gasteiger partial charge < -0.3 is 12.0 Å². The minimum atomic E-state index is 0. The average Bonchev–Trinajstić information content (AvgIpc) is 2.58. The van der Waals surface area contributed by atoms with Gasteiger partial charge in [-0.2, -0.15) is 6.92 Å². The van der Waals surface area contributed by atoms with Crippen molar-refractivity contribution in [2.45, 2.75) is 6.92 Å². The van der Waals surface area contributed by atoms with Gasteiger partial charge in [0.1, 0.15) is 5.75 Å². The van der Waals surface area contributed by atoms with E-state index in [0.29, 0.717) is 5.75 Å². The first kappa shape index (κ1) is 18.1. The van der Waals surface area contributed by atoms with Gasteiger partial charge in [-0.15, -0.1) is 0 Å². The first-order chi connectivity index (χ1) is 10.4. The number of para-hydroxylation sites is 1. The first-order valence-corrected chi connectivity index (χ1v) is 7.00. The molecule has 0 saturated heterocycles. The van der Waals surface area contributed by atoms with Crippen molar-refractivity contribution >= 4 is 0 Å². The second-order valence-corrected chi connectivity index (χ2v) is 4.43. The average molecular weight is 341 g/mol. The van der Waals surface area contributed by atoms with Crippen molar-refractivity contribution in [1.82, 2.24) is 0 Å². The Bertz CT molecular complexity index is 621. The third kappa shape index (κ3) is 4.05. The summed E-state index contributed by atoms with van der Waals surface area (Å²) in [6, 6.07) is 25.7. The molecular weight excluding hydrogens is 322 g/mol. The Balaban J connectivity index is 0.000000775. The van der Waals surface area contributed by atoms with Crippen LogP contribution in [0, 0.1) is 6.92 Å². The van der Waals surface area contributed by atoms with Gasteiger partial charge in [-0.1, -0.05) is 78.9 Å². The van der Waals surface area contributed by atoms with Crippen LogP contribution in [0.5, 0.6) is 5.75 Å². The van der Waals surface area contributed by atoms with Crippen molar-refractivity contribution in [3.63, 3.8) is 0 Å². The molecule has 0 atom stereocenters. The molecule has 0 bridgehead atoms. The molecule has 1 nitrogen and oxygen atoms in total. The zero-order valence-electron chi connectivity index (χ0n) is 12.9. The first-order valence-electron chi connectivity index (χ1n) is 7.00. The summed E-state index contributed by atoms with van der Waals surface area (Å²) in [6.07, 6.45) is 0. The second kappa shape index (κ2) is 9.17. The van der Waals surface area contributed by atoms with E-state index >= 15 is 0 Å². The van der Waals surface area contributed by atoms with Gasteiger partial charge in [0.25, 0.3) is 0 Å². The molecule has 3 aromatic carbocycles. The molecular formula is C20H19OZn-. The van der Waals surface area contributed by atoms with E-state index in [1.54, 1.807) is 6.92 Å². The summed E-state index contributed by atoms with van der Waals surface area (Å²) in [5.41, 5.74) is 3.78. The Morgan fingerprint density at radius 2 is 0.955 bits per heavy atom. The Morgan fingerprint density at radius 1 is 0.591 bits per heavy atom. The van der Waals surface area contributed by atoms with Crippen LogP contribution in [-0.4, -0.2) is 5.11 Å². The third-order valence-electron chi connectivity index (χ3n) is 3.21. The second-order valence-electron chi connectivity index (χ2n) is 4.43. The number of phenolic OH excluding ortho intramolecular Hbond substituents is 1. The molecule has 0 amide bonds. The predicted molar refractivity (Wildman–Crippen MR) is 90.0 cm³/mol. The zero-order chi connectivity index (χ0) is 15.1. The van der Waals surface area contributed by atoms with Crippen LogP contribution in [0.4, 0.5) is 0 Å². The fourth-order valence-corrected chi connectivity index (χ4v) is 2.24.